The van der Waals surface area contributed by atoms with Gasteiger partial charge in [-0.25, -0.2) is 4.98 Å². The fourth-order valence-electron chi connectivity index (χ4n) is 0.894. The first-order valence-electron chi connectivity index (χ1n) is 3.69. The summed E-state index contributed by atoms with van der Waals surface area (Å²) in [6, 6.07) is 3.61. The van der Waals surface area contributed by atoms with Crippen molar-refractivity contribution in [1.29, 1.82) is 0 Å². The predicted molar refractivity (Wildman–Crippen MR) is 58.0 cm³/mol. The number of nitrogens with two attached hydrogens (primary N) is 1. The molecule has 1 atom stereocenters. The number of aliphatic hydroxyl groups excluding tert-OH is 1. The molecule has 0 saturated carbocycles. The minimum absolute atomic E-state index is 0. The summed E-state index contributed by atoms with van der Waals surface area (Å²) in [6.45, 7) is 0.00998. The Morgan fingerprint density at radius 2 is 2.23 bits per heavy atom. The maximum Gasteiger partial charge on any atom is 0.106 e. The van der Waals surface area contributed by atoms with Gasteiger partial charge in [0.2, 0.25) is 0 Å². The van der Waals surface area contributed by atoms with Crippen LogP contribution in [0.25, 0.3) is 0 Å². The van der Waals surface area contributed by atoms with Crippen molar-refractivity contribution in [2.45, 2.75) is 12.5 Å². The summed E-state index contributed by atoms with van der Waals surface area (Å²) >= 11 is 3.24. The summed E-state index contributed by atoms with van der Waals surface area (Å²) in [4.78, 5) is 4.05. The second-order valence-electron chi connectivity index (χ2n) is 2.64. The molecule has 1 unspecified atom stereocenters. The summed E-state index contributed by atoms with van der Waals surface area (Å²) in [5.41, 5.74) is 6.59. The van der Waals surface area contributed by atoms with Gasteiger partial charge in [-0.05, 0) is 34.0 Å². The van der Waals surface area contributed by atoms with Crippen molar-refractivity contribution in [2.24, 2.45) is 5.73 Å². The minimum Gasteiger partial charge on any atom is -0.395 e. The lowest BCUT2D eigenvalue weighted by Gasteiger charge is -2.06. The van der Waals surface area contributed by atoms with E-state index in [1.165, 1.54) is 0 Å². The summed E-state index contributed by atoms with van der Waals surface area (Å²) in [5.74, 6) is 0. The van der Waals surface area contributed by atoms with Crippen molar-refractivity contribution in [3.8, 4) is 0 Å². The van der Waals surface area contributed by atoms with Gasteiger partial charge in [0.05, 0.1) is 6.61 Å². The fraction of sp³-hybridized carbons (Fsp3) is 0.375. The topological polar surface area (TPSA) is 59.1 Å². The first-order chi connectivity index (χ1) is 5.72. The number of aliphatic hydroxyl groups is 1. The van der Waals surface area contributed by atoms with E-state index >= 15 is 0 Å². The maximum absolute atomic E-state index is 8.70. The van der Waals surface area contributed by atoms with Crippen LogP contribution in [0.3, 0.4) is 0 Å². The van der Waals surface area contributed by atoms with Gasteiger partial charge in [-0.15, -0.1) is 12.4 Å². The zero-order valence-electron chi connectivity index (χ0n) is 6.98. The Balaban J connectivity index is 0.00000144. The molecule has 3 nitrogen and oxygen atoms in total. The number of rotatable bonds is 3. The van der Waals surface area contributed by atoms with E-state index in [1.54, 1.807) is 6.20 Å². The molecule has 74 valence electrons. The highest BCUT2D eigenvalue weighted by Gasteiger charge is 2.01. The lowest BCUT2D eigenvalue weighted by molar-refractivity contribution is 0.265. The van der Waals surface area contributed by atoms with E-state index in [0.717, 1.165) is 10.2 Å². The quantitative estimate of drug-likeness (QED) is 0.807. The van der Waals surface area contributed by atoms with Crippen LogP contribution in [0, 0.1) is 0 Å². The molecular weight excluding hydrogens is 255 g/mol. The van der Waals surface area contributed by atoms with Gasteiger partial charge in [0.1, 0.15) is 4.60 Å². The smallest absolute Gasteiger partial charge is 0.106 e. The van der Waals surface area contributed by atoms with Crippen molar-refractivity contribution in [3.63, 3.8) is 0 Å². The summed E-state index contributed by atoms with van der Waals surface area (Å²) in [6.07, 6.45) is 2.41. The third-order valence-electron chi connectivity index (χ3n) is 1.52. The number of hydrogen-bond donors (Lipinski definition) is 2. The molecule has 0 aromatic carbocycles. The highest BCUT2D eigenvalue weighted by molar-refractivity contribution is 9.10. The average molecular weight is 268 g/mol. The number of pyridine rings is 1. The van der Waals surface area contributed by atoms with Crippen LogP contribution in [0.2, 0.25) is 0 Å². The molecule has 0 fully saturated rings. The van der Waals surface area contributed by atoms with Crippen LogP contribution < -0.4 is 5.73 Å². The van der Waals surface area contributed by atoms with E-state index in [0.29, 0.717) is 6.42 Å². The van der Waals surface area contributed by atoms with Gasteiger partial charge in [0.15, 0.2) is 0 Å². The van der Waals surface area contributed by atoms with Crippen LogP contribution >= 0.6 is 28.3 Å². The molecule has 0 amide bonds. The Morgan fingerprint density at radius 3 is 2.69 bits per heavy atom. The number of hydrogen-bond acceptors (Lipinski definition) is 3. The SMILES string of the molecule is Cl.NC(CO)Cc1ccc(Br)nc1. The standard InChI is InChI=1S/C8H11BrN2O.ClH/c9-8-2-1-6(4-11-8)3-7(10)5-12;/h1-2,4,7,12H,3,5,10H2;1H. The zero-order valence-corrected chi connectivity index (χ0v) is 9.38. The Labute approximate surface area is 91.9 Å². The third kappa shape index (κ3) is 4.57. The van der Waals surface area contributed by atoms with Crippen molar-refractivity contribution in [1.82, 2.24) is 4.98 Å². The Morgan fingerprint density at radius 1 is 1.54 bits per heavy atom. The first-order valence-corrected chi connectivity index (χ1v) is 4.48. The van der Waals surface area contributed by atoms with Crippen molar-refractivity contribution >= 4 is 28.3 Å². The molecule has 0 radical (unpaired) electrons. The summed E-state index contributed by atoms with van der Waals surface area (Å²) < 4.78 is 0.809. The molecule has 1 aromatic rings. The van der Waals surface area contributed by atoms with Crippen LogP contribution in [0.15, 0.2) is 22.9 Å². The van der Waals surface area contributed by atoms with Crippen LogP contribution in [0.5, 0.6) is 0 Å². The second kappa shape index (κ2) is 6.32. The summed E-state index contributed by atoms with van der Waals surface area (Å²) in [7, 11) is 0. The van der Waals surface area contributed by atoms with E-state index < -0.39 is 0 Å². The molecule has 1 rings (SSSR count). The lowest BCUT2D eigenvalue weighted by atomic mass is 10.1. The molecule has 0 aliphatic heterocycles. The predicted octanol–water partition coefficient (Wildman–Crippen LogP) is 1.13. The van der Waals surface area contributed by atoms with Gasteiger partial charge in [-0.1, -0.05) is 6.07 Å². The molecule has 1 aromatic heterocycles. The molecule has 5 heteroatoms. The highest BCUT2D eigenvalue weighted by atomic mass is 79.9. The molecule has 0 bridgehead atoms. The molecule has 3 N–H and O–H groups in total. The second-order valence-corrected chi connectivity index (χ2v) is 3.45. The van der Waals surface area contributed by atoms with E-state index in [-0.39, 0.29) is 25.1 Å². The van der Waals surface area contributed by atoms with E-state index in [2.05, 4.69) is 20.9 Å². The normalized spacial score (nSPS) is 11.9. The molecular formula is C8H12BrClN2O. The zero-order chi connectivity index (χ0) is 8.97. The highest BCUT2D eigenvalue weighted by Crippen LogP contribution is 2.07. The van der Waals surface area contributed by atoms with Gasteiger partial charge in [-0.2, -0.15) is 0 Å². The molecule has 0 aliphatic rings. The van der Waals surface area contributed by atoms with E-state index in [1.807, 2.05) is 12.1 Å². The maximum atomic E-state index is 8.70. The van der Waals surface area contributed by atoms with Crippen LogP contribution in [-0.2, 0) is 6.42 Å². The van der Waals surface area contributed by atoms with Gasteiger partial charge in [-0.3, -0.25) is 0 Å². The summed E-state index contributed by atoms with van der Waals surface area (Å²) in [5, 5.41) is 8.70. The van der Waals surface area contributed by atoms with Gasteiger partial charge < -0.3 is 10.8 Å². The largest absolute Gasteiger partial charge is 0.395 e. The van der Waals surface area contributed by atoms with E-state index in [4.69, 9.17) is 10.8 Å². The molecule has 1 heterocycles. The van der Waals surface area contributed by atoms with Crippen molar-refractivity contribution in [2.75, 3.05) is 6.61 Å². The van der Waals surface area contributed by atoms with E-state index in [9.17, 15) is 0 Å². The van der Waals surface area contributed by atoms with Crippen LogP contribution in [0.4, 0.5) is 0 Å². The molecule has 0 aliphatic carbocycles. The van der Waals surface area contributed by atoms with Gasteiger partial charge >= 0.3 is 0 Å². The molecule has 0 spiro atoms. The minimum atomic E-state index is -0.187. The molecule has 13 heavy (non-hydrogen) atoms. The van der Waals surface area contributed by atoms with Crippen molar-refractivity contribution < 1.29 is 5.11 Å². The van der Waals surface area contributed by atoms with Crippen LogP contribution in [0.1, 0.15) is 5.56 Å². The average Bonchev–Trinajstić information content (AvgIpc) is 2.09. The number of nitrogens with zero attached hydrogens (tertiary/aromatic N) is 1. The Hall–Kier alpha value is -0.160. The Bertz CT molecular complexity index is 242. The number of aromatic nitrogens is 1. The van der Waals surface area contributed by atoms with Crippen LogP contribution in [-0.4, -0.2) is 22.7 Å². The van der Waals surface area contributed by atoms with Gasteiger partial charge in [0, 0.05) is 12.2 Å². The third-order valence-corrected chi connectivity index (χ3v) is 1.99. The Kier molecular flexibility index (Phi) is 6.24. The fourth-order valence-corrected chi connectivity index (χ4v) is 1.13. The first kappa shape index (κ1) is 12.8. The van der Waals surface area contributed by atoms with Crippen molar-refractivity contribution in [3.05, 3.63) is 28.5 Å². The van der Waals surface area contributed by atoms with Gasteiger partial charge in [0.25, 0.3) is 0 Å². The monoisotopic (exact) mass is 266 g/mol. The number of halogens is 2. The molecule has 0 saturated heterocycles. The lowest BCUT2D eigenvalue weighted by Crippen LogP contribution is -2.26.